The molecule has 14 heteroatoms. The van der Waals surface area contributed by atoms with Gasteiger partial charge in [-0.2, -0.15) is 5.26 Å². The number of phosphoric ester groups is 1. The van der Waals surface area contributed by atoms with Crippen LogP contribution < -0.4 is 15.8 Å². The highest BCUT2D eigenvalue weighted by Gasteiger charge is 2.30. The van der Waals surface area contributed by atoms with Crippen LogP contribution in [0.15, 0.2) is 75.8 Å². The Morgan fingerprint density at radius 3 is 2.56 bits per heavy atom. The summed E-state index contributed by atoms with van der Waals surface area (Å²) in [6.07, 6.45) is 0. The molecule has 2 aliphatic heterocycles. The number of phosphoric acid groups is 1. The molecule has 2 heterocycles. The lowest BCUT2D eigenvalue weighted by atomic mass is 9.91. The van der Waals surface area contributed by atoms with E-state index in [1.54, 1.807) is 36.0 Å². The van der Waals surface area contributed by atoms with Crippen LogP contribution >= 0.6 is 42.9 Å². The summed E-state index contributed by atoms with van der Waals surface area (Å²) in [6, 6.07) is 16.5. The summed E-state index contributed by atoms with van der Waals surface area (Å²) in [5, 5.41) is 23.5. The molecule has 2 aromatic rings. The van der Waals surface area contributed by atoms with Gasteiger partial charge in [0.1, 0.15) is 40.6 Å². The predicted octanol–water partition coefficient (Wildman–Crippen LogP) is 4.59. The van der Waals surface area contributed by atoms with Gasteiger partial charge in [0.05, 0.1) is 12.2 Å². The summed E-state index contributed by atoms with van der Waals surface area (Å²) in [5.74, 6) is 3.56. The fourth-order valence-corrected chi connectivity index (χ4v) is 6.33. The first kappa shape index (κ1) is 29.0. The van der Waals surface area contributed by atoms with E-state index in [1.807, 2.05) is 24.3 Å². The van der Waals surface area contributed by atoms with Crippen LogP contribution in [-0.2, 0) is 9.09 Å². The molecule has 0 fully saturated rings. The maximum atomic E-state index is 10.8. The predicted molar refractivity (Wildman–Crippen MR) is 155 cm³/mol. The monoisotopic (exact) mass is 603 g/mol. The average Bonchev–Trinajstić information content (AvgIpc) is 3.39. The third-order valence-electron chi connectivity index (χ3n) is 5.51. The second-order valence-corrected chi connectivity index (χ2v) is 11.9. The van der Waals surface area contributed by atoms with E-state index in [9.17, 15) is 9.83 Å². The minimum Gasteiger partial charge on any atom is -0.491 e. The quantitative estimate of drug-likeness (QED) is 0.147. The lowest BCUT2D eigenvalue weighted by Crippen LogP contribution is -2.26. The van der Waals surface area contributed by atoms with Gasteiger partial charge in [-0.15, -0.1) is 23.5 Å². The topological polar surface area (TPSA) is 174 Å². The van der Waals surface area contributed by atoms with Gasteiger partial charge in [-0.3, -0.25) is 9.93 Å². The van der Waals surface area contributed by atoms with Crippen molar-refractivity contribution >= 4 is 60.2 Å². The SMILES string of the molecule is N#CC1=C(c2ccc(OCCOP(=O)(O)O)cc2)C(=C=N)C(SCC2=CSC(c3ccc(Cl)cc3)N2)N=C1N. The molecule has 0 amide bonds. The summed E-state index contributed by atoms with van der Waals surface area (Å²) in [6.45, 7) is -0.353. The third-order valence-corrected chi connectivity index (χ3v) is 8.50. The maximum Gasteiger partial charge on any atom is 0.469 e. The Balaban J connectivity index is 1.43. The number of hydrogen-bond acceptors (Lipinski definition) is 10. The van der Waals surface area contributed by atoms with Gasteiger partial charge in [0.2, 0.25) is 0 Å². The summed E-state index contributed by atoms with van der Waals surface area (Å²) in [7, 11) is -4.56. The Bertz CT molecular complexity index is 1460. The smallest absolute Gasteiger partial charge is 0.469 e. The number of nitrogens with one attached hydrogen (secondary N) is 2. The number of benzene rings is 2. The minimum absolute atomic E-state index is 0.0678. The molecule has 10 nitrogen and oxygen atoms in total. The van der Waals surface area contributed by atoms with E-state index < -0.39 is 13.2 Å². The number of nitrogens with zero attached hydrogens (tertiary/aromatic N) is 2. The van der Waals surface area contributed by atoms with Gasteiger partial charge in [-0.05, 0) is 46.7 Å². The van der Waals surface area contributed by atoms with E-state index in [0.717, 1.165) is 11.3 Å². The van der Waals surface area contributed by atoms with E-state index >= 15 is 0 Å². The third kappa shape index (κ3) is 7.57. The van der Waals surface area contributed by atoms with Crippen molar-refractivity contribution < 1.29 is 23.6 Å². The Labute approximate surface area is 238 Å². The molecule has 0 aliphatic carbocycles. The molecule has 2 aliphatic rings. The highest BCUT2D eigenvalue weighted by Crippen LogP contribution is 2.40. The fraction of sp³-hybridized carbons (Fsp3) is 0.200. The van der Waals surface area contributed by atoms with E-state index in [1.165, 1.54) is 11.8 Å². The van der Waals surface area contributed by atoms with E-state index in [0.29, 0.717) is 33.2 Å². The summed E-state index contributed by atoms with van der Waals surface area (Å²) < 4.78 is 20.6. The van der Waals surface area contributed by atoms with Crippen LogP contribution in [0.3, 0.4) is 0 Å². The standard InChI is InChI=1S/C25H23ClN5O5PS2/c26-17-5-1-16(2-6-17)24-30-18(13-38-24)14-39-25-21(12-28)22(20(11-27)23(29)31-25)15-3-7-19(8-4-15)35-9-10-36-37(32,33)34/h1-8,13,24-25,28,30H,9-10,14H2,(H2,29,31)(H2,32,33,34). The molecule has 2 unspecified atom stereocenters. The van der Waals surface area contributed by atoms with Crippen LogP contribution in [-0.4, -0.2) is 45.8 Å². The van der Waals surface area contributed by atoms with Gasteiger partial charge in [0.15, 0.2) is 0 Å². The van der Waals surface area contributed by atoms with Crippen molar-refractivity contribution in [2.24, 2.45) is 10.7 Å². The zero-order chi connectivity index (χ0) is 28.0. The van der Waals surface area contributed by atoms with Crippen molar-refractivity contribution in [3.8, 4) is 11.8 Å². The van der Waals surface area contributed by atoms with Gasteiger partial charge in [0.25, 0.3) is 0 Å². The van der Waals surface area contributed by atoms with Crippen molar-refractivity contribution in [1.29, 1.82) is 10.7 Å². The number of nitriles is 1. The van der Waals surface area contributed by atoms with Crippen molar-refractivity contribution in [2.45, 2.75) is 10.7 Å². The molecule has 202 valence electrons. The lowest BCUT2D eigenvalue weighted by molar-refractivity contribution is 0.160. The zero-order valence-electron chi connectivity index (χ0n) is 20.2. The van der Waals surface area contributed by atoms with Crippen molar-refractivity contribution in [1.82, 2.24) is 5.32 Å². The van der Waals surface area contributed by atoms with Gasteiger partial charge >= 0.3 is 7.82 Å². The molecule has 0 saturated carbocycles. The summed E-state index contributed by atoms with van der Waals surface area (Å²) in [4.78, 5) is 22.0. The van der Waals surface area contributed by atoms with Crippen LogP contribution in [0.2, 0.25) is 5.02 Å². The molecular weight excluding hydrogens is 581 g/mol. The summed E-state index contributed by atoms with van der Waals surface area (Å²) in [5.41, 5.74) is 9.95. The first-order valence-electron chi connectivity index (χ1n) is 11.4. The number of rotatable bonds is 10. The Morgan fingerprint density at radius 2 is 1.92 bits per heavy atom. The van der Waals surface area contributed by atoms with Gasteiger partial charge in [-0.1, -0.05) is 35.9 Å². The molecule has 0 radical (unpaired) electrons. The molecule has 39 heavy (non-hydrogen) atoms. The lowest BCUT2D eigenvalue weighted by Gasteiger charge is -2.24. The fourth-order valence-electron chi connectivity index (χ4n) is 3.76. The number of hydrogen-bond donors (Lipinski definition) is 5. The average molecular weight is 604 g/mol. The van der Waals surface area contributed by atoms with E-state index in [2.05, 4.69) is 32.2 Å². The minimum atomic E-state index is -4.56. The molecule has 2 atom stereocenters. The molecular formula is C25H23ClN5O5PS2. The van der Waals surface area contributed by atoms with Crippen LogP contribution in [0.5, 0.6) is 5.75 Å². The number of halogens is 1. The Hall–Kier alpha value is -2.97. The molecule has 0 aromatic heterocycles. The van der Waals surface area contributed by atoms with Crippen LogP contribution in [0.4, 0.5) is 0 Å². The van der Waals surface area contributed by atoms with Crippen molar-refractivity contribution in [3.63, 3.8) is 0 Å². The van der Waals surface area contributed by atoms with Crippen LogP contribution in [0, 0.1) is 16.7 Å². The largest absolute Gasteiger partial charge is 0.491 e. The number of aliphatic imine (C=N–C) groups is 1. The number of nitrogens with two attached hydrogens (primary N) is 1. The van der Waals surface area contributed by atoms with E-state index in [4.69, 9.17) is 37.3 Å². The second kappa shape index (κ2) is 12.9. The van der Waals surface area contributed by atoms with Gasteiger partial charge < -0.3 is 25.6 Å². The maximum absolute atomic E-state index is 10.8. The normalized spacial score (nSPS) is 19.1. The number of ether oxygens (including phenoxy) is 1. The Kier molecular flexibility index (Phi) is 9.62. The number of thioether (sulfide) groups is 2. The van der Waals surface area contributed by atoms with Gasteiger partial charge in [0, 0.05) is 22.0 Å². The number of dihydropyridines is 1. The van der Waals surface area contributed by atoms with Crippen LogP contribution in [0.1, 0.15) is 16.5 Å². The molecule has 2 aromatic carbocycles. The summed E-state index contributed by atoms with van der Waals surface area (Å²) >= 11 is 9.11. The van der Waals surface area contributed by atoms with Crippen LogP contribution in [0.25, 0.3) is 5.57 Å². The second-order valence-electron chi connectivity index (χ2n) is 8.13. The van der Waals surface area contributed by atoms with Crippen molar-refractivity contribution in [3.05, 3.63) is 86.9 Å². The molecule has 0 saturated heterocycles. The highest BCUT2D eigenvalue weighted by molar-refractivity contribution is 8.03. The molecule has 0 bridgehead atoms. The Morgan fingerprint density at radius 1 is 1.21 bits per heavy atom. The molecule has 6 N–H and O–H groups in total. The highest BCUT2D eigenvalue weighted by atomic mass is 35.5. The number of amidine groups is 1. The first-order chi connectivity index (χ1) is 18.7. The van der Waals surface area contributed by atoms with E-state index in [-0.39, 0.29) is 30.0 Å². The van der Waals surface area contributed by atoms with Gasteiger partial charge in [-0.25, -0.2) is 9.56 Å². The first-order valence-corrected chi connectivity index (χ1v) is 15.3. The molecule has 0 spiro atoms. The zero-order valence-corrected chi connectivity index (χ0v) is 23.5. The van der Waals surface area contributed by atoms with Crippen molar-refractivity contribution in [2.75, 3.05) is 19.0 Å². The molecule has 4 rings (SSSR count).